The minimum Gasteiger partial charge on any atom is -0.395 e. The second kappa shape index (κ2) is 8.03. The third-order valence-electron chi connectivity index (χ3n) is 4.67. The number of urea groups is 1. The fourth-order valence-electron chi connectivity index (χ4n) is 3.26. The third-order valence-corrected chi connectivity index (χ3v) is 4.92. The van der Waals surface area contributed by atoms with Crippen molar-refractivity contribution >= 4 is 29.2 Å². The van der Waals surface area contributed by atoms with E-state index in [0.717, 1.165) is 18.8 Å². The highest BCUT2D eigenvalue weighted by Crippen LogP contribution is 2.23. The number of aliphatic hydroxyl groups is 1. The van der Waals surface area contributed by atoms with E-state index in [1.54, 1.807) is 21.9 Å². The van der Waals surface area contributed by atoms with Crippen molar-refractivity contribution in [2.24, 2.45) is 0 Å². The first-order valence-electron chi connectivity index (χ1n) is 8.51. The van der Waals surface area contributed by atoms with Crippen molar-refractivity contribution in [3.05, 3.63) is 29.3 Å². The minimum atomic E-state index is -0.189. The molecule has 2 aliphatic heterocycles. The molecule has 2 fully saturated rings. The summed E-state index contributed by atoms with van der Waals surface area (Å²) in [6, 6.07) is 6.81. The number of halogens is 1. The Morgan fingerprint density at radius 3 is 2.52 bits per heavy atom. The van der Waals surface area contributed by atoms with Gasteiger partial charge in [0.15, 0.2) is 0 Å². The summed E-state index contributed by atoms with van der Waals surface area (Å²) in [5, 5.41) is 12.6. The SMILES string of the molecule is O=C(NC1CC(=O)N(c2ccc(Cl)cc2)C1)N1CCN(CCO)CC1. The van der Waals surface area contributed by atoms with E-state index in [-0.39, 0.29) is 24.6 Å². The van der Waals surface area contributed by atoms with Gasteiger partial charge in [-0.1, -0.05) is 11.6 Å². The smallest absolute Gasteiger partial charge is 0.317 e. The number of amides is 3. The molecule has 2 N–H and O–H groups in total. The maximum absolute atomic E-state index is 12.4. The molecule has 0 radical (unpaired) electrons. The third kappa shape index (κ3) is 4.42. The second-order valence-electron chi connectivity index (χ2n) is 6.38. The summed E-state index contributed by atoms with van der Waals surface area (Å²) in [6.07, 6.45) is 0.304. The van der Waals surface area contributed by atoms with Crippen molar-refractivity contribution in [1.82, 2.24) is 15.1 Å². The molecular formula is C17H23ClN4O3. The number of hydrogen-bond donors (Lipinski definition) is 2. The Kier molecular flexibility index (Phi) is 5.78. The lowest BCUT2D eigenvalue weighted by Crippen LogP contribution is -2.54. The van der Waals surface area contributed by atoms with E-state index in [2.05, 4.69) is 10.2 Å². The van der Waals surface area contributed by atoms with Crippen LogP contribution in [0.25, 0.3) is 0 Å². The average Bonchev–Trinajstić information content (AvgIpc) is 2.97. The maximum Gasteiger partial charge on any atom is 0.317 e. The molecule has 0 aromatic heterocycles. The van der Waals surface area contributed by atoms with Crippen molar-refractivity contribution in [2.75, 3.05) is 50.8 Å². The molecule has 3 amide bonds. The maximum atomic E-state index is 12.4. The van der Waals surface area contributed by atoms with Gasteiger partial charge >= 0.3 is 6.03 Å². The van der Waals surface area contributed by atoms with Crippen LogP contribution in [0.15, 0.2) is 24.3 Å². The number of hydrogen-bond acceptors (Lipinski definition) is 4. The number of rotatable bonds is 4. The molecule has 7 nitrogen and oxygen atoms in total. The molecule has 0 saturated carbocycles. The molecule has 0 spiro atoms. The number of piperazine rings is 1. The van der Waals surface area contributed by atoms with Gasteiger partial charge in [-0.2, -0.15) is 0 Å². The van der Waals surface area contributed by atoms with Gasteiger partial charge in [-0.25, -0.2) is 4.79 Å². The summed E-state index contributed by atoms with van der Waals surface area (Å²) in [5.41, 5.74) is 0.795. The molecular weight excluding hydrogens is 344 g/mol. The van der Waals surface area contributed by atoms with E-state index in [9.17, 15) is 9.59 Å². The summed E-state index contributed by atoms with van der Waals surface area (Å²) >= 11 is 5.89. The zero-order valence-corrected chi connectivity index (χ0v) is 14.8. The Hall–Kier alpha value is -1.83. The van der Waals surface area contributed by atoms with Crippen LogP contribution in [-0.2, 0) is 4.79 Å². The van der Waals surface area contributed by atoms with Gasteiger partial charge < -0.3 is 20.2 Å². The lowest BCUT2D eigenvalue weighted by molar-refractivity contribution is -0.117. The van der Waals surface area contributed by atoms with Gasteiger partial charge in [0.2, 0.25) is 5.91 Å². The average molecular weight is 367 g/mol. The predicted molar refractivity (Wildman–Crippen MR) is 95.8 cm³/mol. The fourth-order valence-corrected chi connectivity index (χ4v) is 3.38. The van der Waals surface area contributed by atoms with E-state index in [0.29, 0.717) is 37.6 Å². The molecule has 136 valence electrons. The van der Waals surface area contributed by atoms with E-state index in [4.69, 9.17) is 16.7 Å². The van der Waals surface area contributed by atoms with Gasteiger partial charge in [-0.05, 0) is 24.3 Å². The molecule has 1 aromatic carbocycles. The van der Waals surface area contributed by atoms with Gasteiger partial charge in [0.25, 0.3) is 0 Å². The van der Waals surface area contributed by atoms with Gasteiger partial charge in [0, 0.05) is 56.4 Å². The zero-order valence-electron chi connectivity index (χ0n) is 14.0. The van der Waals surface area contributed by atoms with E-state index >= 15 is 0 Å². The highest BCUT2D eigenvalue weighted by molar-refractivity contribution is 6.30. The lowest BCUT2D eigenvalue weighted by atomic mass is 10.2. The number of nitrogens with one attached hydrogen (secondary N) is 1. The summed E-state index contributed by atoms with van der Waals surface area (Å²) in [6.45, 7) is 4.03. The molecule has 3 rings (SSSR count). The van der Waals surface area contributed by atoms with E-state index in [1.807, 2.05) is 12.1 Å². The normalized spacial score (nSPS) is 21.7. The number of carbonyl (C=O) groups excluding carboxylic acids is 2. The van der Waals surface area contributed by atoms with Crippen LogP contribution in [0.5, 0.6) is 0 Å². The first kappa shape index (κ1) is 18.0. The molecule has 0 aliphatic carbocycles. The largest absolute Gasteiger partial charge is 0.395 e. The molecule has 2 saturated heterocycles. The van der Waals surface area contributed by atoms with Crippen molar-refractivity contribution in [3.8, 4) is 0 Å². The quantitative estimate of drug-likeness (QED) is 0.825. The Morgan fingerprint density at radius 2 is 1.88 bits per heavy atom. The van der Waals surface area contributed by atoms with Crippen LogP contribution >= 0.6 is 11.6 Å². The number of nitrogens with zero attached hydrogens (tertiary/aromatic N) is 3. The summed E-state index contributed by atoms with van der Waals surface area (Å²) in [5.74, 6) is 0.000359. The molecule has 1 atom stereocenters. The fraction of sp³-hybridized carbons (Fsp3) is 0.529. The standard InChI is InChI=1S/C17H23ClN4O3/c18-13-1-3-15(4-2-13)22-12-14(11-16(22)24)19-17(25)21-7-5-20(6-8-21)9-10-23/h1-4,14,23H,5-12H2,(H,19,25). The van der Waals surface area contributed by atoms with Crippen molar-refractivity contribution in [3.63, 3.8) is 0 Å². The number of anilines is 1. The van der Waals surface area contributed by atoms with Gasteiger partial charge in [-0.15, -0.1) is 0 Å². The summed E-state index contributed by atoms with van der Waals surface area (Å²) < 4.78 is 0. The molecule has 8 heteroatoms. The van der Waals surface area contributed by atoms with Crippen molar-refractivity contribution in [1.29, 1.82) is 0 Å². The number of benzene rings is 1. The molecule has 1 unspecified atom stereocenters. The van der Waals surface area contributed by atoms with Gasteiger partial charge in [0.1, 0.15) is 0 Å². The van der Waals surface area contributed by atoms with E-state index in [1.165, 1.54) is 0 Å². The topological polar surface area (TPSA) is 76.1 Å². The molecule has 2 aliphatic rings. The number of aliphatic hydroxyl groups excluding tert-OH is 1. The van der Waals surface area contributed by atoms with Crippen LogP contribution in [0, 0.1) is 0 Å². The van der Waals surface area contributed by atoms with Crippen LogP contribution in [0.2, 0.25) is 5.02 Å². The Labute approximate surface area is 152 Å². The molecule has 25 heavy (non-hydrogen) atoms. The van der Waals surface area contributed by atoms with Crippen LogP contribution in [0.3, 0.4) is 0 Å². The Bertz CT molecular complexity index is 617. The lowest BCUT2D eigenvalue weighted by Gasteiger charge is -2.34. The Morgan fingerprint density at radius 1 is 1.20 bits per heavy atom. The van der Waals surface area contributed by atoms with Crippen LogP contribution < -0.4 is 10.2 Å². The first-order valence-corrected chi connectivity index (χ1v) is 8.89. The molecule has 1 aromatic rings. The second-order valence-corrected chi connectivity index (χ2v) is 6.82. The van der Waals surface area contributed by atoms with Crippen molar-refractivity contribution < 1.29 is 14.7 Å². The number of carbonyl (C=O) groups is 2. The van der Waals surface area contributed by atoms with Crippen LogP contribution in [0.4, 0.5) is 10.5 Å². The van der Waals surface area contributed by atoms with Crippen LogP contribution in [0.1, 0.15) is 6.42 Å². The summed E-state index contributed by atoms with van der Waals surface area (Å²) in [4.78, 5) is 30.2. The first-order chi connectivity index (χ1) is 12.1. The highest BCUT2D eigenvalue weighted by atomic mass is 35.5. The zero-order chi connectivity index (χ0) is 17.8. The van der Waals surface area contributed by atoms with Gasteiger partial charge in [0.05, 0.1) is 12.6 Å². The number of β-amino-alcohol motifs (C(OH)–C–C–N with tert-alkyl or cyclic N) is 1. The summed E-state index contributed by atoms with van der Waals surface area (Å²) in [7, 11) is 0. The monoisotopic (exact) mass is 366 g/mol. The van der Waals surface area contributed by atoms with Crippen molar-refractivity contribution in [2.45, 2.75) is 12.5 Å². The van der Waals surface area contributed by atoms with E-state index < -0.39 is 0 Å². The molecule has 0 bridgehead atoms. The highest BCUT2D eigenvalue weighted by Gasteiger charge is 2.33. The predicted octanol–water partition coefficient (Wildman–Crippen LogP) is 0.765. The molecule has 2 heterocycles. The van der Waals surface area contributed by atoms with Crippen LogP contribution in [-0.4, -0.2) is 78.8 Å². The van der Waals surface area contributed by atoms with Gasteiger partial charge in [-0.3, -0.25) is 9.69 Å². The Balaban J connectivity index is 1.51. The minimum absolute atomic E-state index is 0.000359.